The van der Waals surface area contributed by atoms with Crippen molar-refractivity contribution >= 4 is 5.97 Å². The summed E-state index contributed by atoms with van der Waals surface area (Å²) in [4.78, 5) is 12.1. The van der Waals surface area contributed by atoms with E-state index in [9.17, 15) is 4.79 Å². The SMILES string of the molecule is COC(=O)c1cc(Oc2cc(C)cc(C)c2)cc(Oc2cc(C)cc(C)c2)c1. The predicted molar refractivity (Wildman–Crippen MR) is 110 cm³/mol. The van der Waals surface area contributed by atoms with Crippen LogP contribution in [0.25, 0.3) is 0 Å². The lowest BCUT2D eigenvalue weighted by Crippen LogP contribution is -2.02. The van der Waals surface area contributed by atoms with Gasteiger partial charge in [-0.2, -0.15) is 0 Å². The number of esters is 1. The second-order valence-corrected chi connectivity index (χ2v) is 7.04. The second-order valence-electron chi connectivity index (χ2n) is 7.04. The van der Waals surface area contributed by atoms with Gasteiger partial charge in [-0.25, -0.2) is 4.79 Å². The van der Waals surface area contributed by atoms with E-state index in [1.54, 1.807) is 18.2 Å². The zero-order chi connectivity index (χ0) is 20.3. The molecule has 0 radical (unpaired) electrons. The standard InChI is InChI=1S/C24H24O4/c1-15-6-16(2)9-20(8-15)27-22-12-19(24(25)26-5)13-23(14-22)28-21-10-17(3)7-18(4)11-21/h6-14H,1-5H3. The summed E-state index contributed by atoms with van der Waals surface area (Å²) in [5.41, 5.74) is 4.78. The molecule has 0 unspecified atom stereocenters. The highest BCUT2D eigenvalue weighted by Gasteiger charge is 2.12. The molecule has 0 saturated heterocycles. The lowest BCUT2D eigenvalue weighted by molar-refractivity contribution is 0.0600. The molecule has 0 atom stereocenters. The first kappa shape index (κ1) is 19.5. The highest BCUT2D eigenvalue weighted by Crippen LogP contribution is 2.32. The van der Waals surface area contributed by atoms with E-state index in [4.69, 9.17) is 14.2 Å². The van der Waals surface area contributed by atoms with Gasteiger partial charge in [-0.15, -0.1) is 0 Å². The summed E-state index contributed by atoms with van der Waals surface area (Å²) in [5.74, 6) is 1.98. The molecular weight excluding hydrogens is 352 g/mol. The number of hydrogen-bond donors (Lipinski definition) is 0. The van der Waals surface area contributed by atoms with Crippen molar-refractivity contribution in [3.05, 3.63) is 82.4 Å². The highest BCUT2D eigenvalue weighted by atomic mass is 16.5. The molecule has 0 aliphatic heterocycles. The minimum Gasteiger partial charge on any atom is -0.465 e. The van der Waals surface area contributed by atoms with Gasteiger partial charge >= 0.3 is 5.97 Å². The maximum Gasteiger partial charge on any atom is 0.338 e. The molecule has 0 aliphatic carbocycles. The zero-order valence-corrected chi connectivity index (χ0v) is 16.8. The van der Waals surface area contributed by atoms with Gasteiger partial charge in [0.2, 0.25) is 0 Å². The third-order valence-electron chi connectivity index (χ3n) is 4.16. The molecule has 28 heavy (non-hydrogen) atoms. The van der Waals surface area contributed by atoms with Gasteiger partial charge < -0.3 is 14.2 Å². The topological polar surface area (TPSA) is 44.8 Å². The first-order valence-corrected chi connectivity index (χ1v) is 9.08. The molecule has 0 amide bonds. The molecule has 144 valence electrons. The molecule has 0 bridgehead atoms. The van der Waals surface area contributed by atoms with Crippen molar-refractivity contribution in [2.75, 3.05) is 7.11 Å². The van der Waals surface area contributed by atoms with Crippen LogP contribution in [-0.2, 0) is 4.74 Å². The Bertz CT molecular complexity index is 909. The maximum atomic E-state index is 12.1. The quantitative estimate of drug-likeness (QED) is 0.491. The van der Waals surface area contributed by atoms with Crippen molar-refractivity contribution in [3.8, 4) is 23.0 Å². The maximum absolute atomic E-state index is 12.1. The van der Waals surface area contributed by atoms with Crippen LogP contribution in [-0.4, -0.2) is 13.1 Å². The smallest absolute Gasteiger partial charge is 0.338 e. The van der Waals surface area contributed by atoms with Gasteiger partial charge in [0.05, 0.1) is 12.7 Å². The summed E-state index contributed by atoms with van der Waals surface area (Å²) >= 11 is 0. The van der Waals surface area contributed by atoms with Gasteiger partial charge in [-0.3, -0.25) is 0 Å². The average Bonchev–Trinajstić information content (AvgIpc) is 2.59. The van der Waals surface area contributed by atoms with Crippen molar-refractivity contribution in [1.29, 1.82) is 0 Å². The number of benzene rings is 3. The first-order valence-electron chi connectivity index (χ1n) is 9.08. The normalized spacial score (nSPS) is 10.5. The van der Waals surface area contributed by atoms with Crippen molar-refractivity contribution < 1.29 is 19.0 Å². The van der Waals surface area contributed by atoms with E-state index in [-0.39, 0.29) is 0 Å². The van der Waals surface area contributed by atoms with Crippen molar-refractivity contribution in [2.24, 2.45) is 0 Å². The summed E-state index contributed by atoms with van der Waals surface area (Å²) in [6.07, 6.45) is 0. The highest BCUT2D eigenvalue weighted by molar-refractivity contribution is 5.90. The monoisotopic (exact) mass is 376 g/mol. The Labute approximate surface area is 165 Å². The number of hydrogen-bond acceptors (Lipinski definition) is 4. The molecule has 3 aromatic rings. The molecule has 0 aromatic heterocycles. The lowest BCUT2D eigenvalue weighted by Gasteiger charge is -2.13. The minimum absolute atomic E-state index is 0.365. The van der Waals surface area contributed by atoms with E-state index in [0.717, 1.165) is 22.3 Å². The number of rotatable bonds is 5. The molecule has 3 aromatic carbocycles. The molecule has 0 spiro atoms. The van der Waals surface area contributed by atoms with E-state index in [2.05, 4.69) is 12.1 Å². The van der Waals surface area contributed by atoms with Crippen molar-refractivity contribution in [2.45, 2.75) is 27.7 Å². The fourth-order valence-electron chi connectivity index (χ4n) is 3.18. The molecule has 4 heteroatoms. The molecule has 0 aliphatic rings. The fourth-order valence-corrected chi connectivity index (χ4v) is 3.18. The first-order chi connectivity index (χ1) is 13.3. The Kier molecular flexibility index (Phi) is 5.69. The van der Waals surface area contributed by atoms with Crippen LogP contribution >= 0.6 is 0 Å². The van der Waals surface area contributed by atoms with Crippen LogP contribution in [0.5, 0.6) is 23.0 Å². The average molecular weight is 376 g/mol. The summed E-state index contributed by atoms with van der Waals surface area (Å²) in [6, 6.07) is 17.0. The largest absolute Gasteiger partial charge is 0.465 e. The number of ether oxygens (including phenoxy) is 3. The van der Waals surface area contributed by atoms with Crippen LogP contribution in [0.2, 0.25) is 0 Å². The third-order valence-corrected chi connectivity index (χ3v) is 4.16. The third kappa shape index (κ3) is 4.92. The Hall–Kier alpha value is -3.27. The van der Waals surface area contributed by atoms with Crippen LogP contribution in [0, 0.1) is 27.7 Å². The van der Waals surface area contributed by atoms with Crippen LogP contribution in [0.1, 0.15) is 32.6 Å². The van der Waals surface area contributed by atoms with Gasteiger partial charge in [-0.1, -0.05) is 12.1 Å². The van der Waals surface area contributed by atoms with E-state index >= 15 is 0 Å². The fraction of sp³-hybridized carbons (Fsp3) is 0.208. The number of aryl methyl sites for hydroxylation is 4. The van der Waals surface area contributed by atoms with Gasteiger partial charge in [0.25, 0.3) is 0 Å². The van der Waals surface area contributed by atoms with Crippen molar-refractivity contribution in [3.63, 3.8) is 0 Å². The van der Waals surface area contributed by atoms with E-state index in [0.29, 0.717) is 28.6 Å². The summed E-state index contributed by atoms with van der Waals surface area (Å²) < 4.78 is 16.9. The predicted octanol–water partition coefficient (Wildman–Crippen LogP) is 6.29. The van der Waals surface area contributed by atoms with Gasteiger partial charge in [0.1, 0.15) is 23.0 Å². The number of carbonyl (C=O) groups excluding carboxylic acids is 1. The Morgan fingerprint density at radius 3 is 1.29 bits per heavy atom. The van der Waals surface area contributed by atoms with E-state index in [1.165, 1.54) is 7.11 Å². The summed E-state index contributed by atoms with van der Waals surface area (Å²) in [5, 5.41) is 0. The van der Waals surface area contributed by atoms with Crippen LogP contribution in [0.15, 0.2) is 54.6 Å². The van der Waals surface area contributed by atoms with Gasteiger partial charge in [-0.05, 0) is 86.3 Å². The number of carbonyl (C=O) groups is 1. The lowest BCUT2D eigenvalue weighted by atomic mass is 10.1. The van der Waals surface area contributed by atoms with Crippen LogP contribution in [0.4, 0.5) is 0 Å². The molecule has 4 nitrogen and oxygen atoms in total. The molecule has 3 rings (SSSR count). The summed E-state index contributed by atoms with van der Waals surface area (Å²) in [7, 11) is 1.35. The zero-order valence-electron chi connectivity index (χ0n) is 16.8. The van der Waals surface area contributed by atoms with Crippen LogP contribution in [0.3, 0.4) is 0 Å². The van der Waals surface area contributed by atoms with Crippen LogP contribution < -0.4 is 9.47 Å². The Balaban J connectivity index is 1.97. The molecule has 0 fully saturated rings. The van der Waals surface area contributed by atoms with Crippen molar-refractivity contribution in [1.82, 2.24) is 0 Å². The minimum atomic E-state index is -0.448. The van der Waals surface area contributed by atoms with Gasteiger partial charge in [0, 0.05) is 6.07 Å². The van der Waals surface area contributed by atoms with Gasteiger partial charge in [0.15, 0.2) is 0 Å². The molecule has 0 heterocycles. The summed E-state index contributed by atoms with van der Waals surface area (Å²) in [6.45, 7) is 8.05. The molecule has 0 saturated carbocycles. The van der Waals surface area contributed by atoms with E-state index < -0.39 is 5.97 Å². The second kappa shape index (κ2) is 8.17. The Morgan fingerprint density at radius 2 is 0.929 bits per heavy atom. The molecular formula is C24H24O4. The molecule has 0 N–H and O–H groups in total. The van der Waals surface area contributed by atoms with E-state index in [1.807, 2.05) is 52.0 Å². The Morgan fingerprint density at radius 1 is 0.571 bits per heavy atom. The number of methoxy groups -OCH3 is 1.